The lowest BCUT2D eigenvalue weighted by atomic mass is 9.93. The minimum Gasteiger partial charge on any atom is -0.389 e. The first-order valence-corrected chi connectivity index (χ1v) is 8.97. The van der Waals surface area contributed by atoms with Crippen LogP contribution in [0.15, 0.2) is 47.6 Å². The number of hydrogen-bond donors (Lipinski definition) is 2. The van der Waals surface area contributed by atoms with Gasteiger partial charge in [0.05, 0.1) is 18.3 Å². The number of sulfonamides is 1. The van der Waals surface area contributed by atoms with Crippen molar-refractivity contribution in [1.29, 1.82) is 0 Å². The first-order chi connectivity index (χ1) is 10.7. The maximum atomic E-state index is 12.3. The van der Waals surface area contributed by atoms with E-state index in [0.29, 0.717) is 6.54 Å². The molecular formula is C16H23N3O3S. The molecule has 7 heteroatoms. The summed E-state index contributed by atoms with van der Waals surface area (Å²) in [6, 6.07) is 9.67. The first kappa shape index (κ1) is 17.7. The van der Waals surface area contributed by atoms with E-state index in [4.69, 9.17) is 0 Å². The third-order valence-electron chi connectivity index (χ3n) is 3.97. The fourth-order valence-electron chi connectivity index (χ4n) is 1.87. The number of rotatable bonds is 7. The van der Waals surface area contributed by atoms with Gasteiger partial charge < -0.3 is 5.11 Å². The molecule has 0 bridgehead atoms. The Morgan fingerprint density at radius 1 is 1.30 bits per heavy atom. The SMILES string of the molecule is CC(C)C(C)(O)CNS(=O)(=O)c1cnn(Cc2ccccc2)c1. The lowest BCUT2D eigenvalue weighted by molar-refractivity contribution is 0.0190. The van der Waals surface area contributed by atoms with Crippen LogP contribution in [0.4, 0.5) is 0 Å². The van der Waals surface area contributed by atoms with Crippen LogP contribution in [0.1, 0.15) is 26.3 Å². The molecule has 0 spiro atoms. The van der Waals surface area contributed by atoms with Crippen molar-refractivity contribution in [3.8, 4) is 0 Å². The van der Waals surface area contributed by atoms with E-state index >= 15 is 0 Å². The fourth-order valence-corrected chi connectivity index (χ4v) is 2.96. The predicted octanol–water partition coefficient (Wildman–Crippen LogP) is 1.62. The Hall–Kier alpha value is -1.70. The van der Waals surface area contributed by atoms with Gasteiger partial charge in [-0.1, -0.05) is 44.2 Å². The van der Waals surface area contributed by atoms with Crippen LogP contribution in [0, 0.1) is 5.92 Å². The Balaban J connectivity index is 2.07. The molecule has 6 nitrogen and oxygen atoms in total. The van der Waals surface area contributed by atoms with Crippen molar-refractivity contribution in [2.75, 3.05) is 6.54 Å². The Morgan fingerprint density at radius 3 is 2.57 bits per heavy atom. The third-order valence-corrected chi connectivity index (χ3v) is 5.33. The summed E-state index contributed by atoms with van der Waals surface area (Å²) in [5.74, 6) is -0.0639. The quantitative estimate of drug-likeness (QED) is 0.804. The van der Waals surface area contributed by atoms with Gasteiger partial charge in [0, 0.05) is 12.7 Å². The minimum atomic E-state index is -3.69. The van der Waals surface area contributed by atoms with Gasteiger partial charge in [0.1, 0.15) is 4.90 Å². The molecule has 0 aliphatic rings. The van der Waals surface area contributed by atoms with Crippen LogP contribution in [0.5, 0.6) is 0 Å². The average molecular weight is 337 g/mol. The van der Waals surface area contributed by atoms with Gasteiger partial charge in [0.15, 0.2) is 0 Å². The van der Waals surface area contributed by atoms with E-state index in [9.17, 15) is 13.5 Å². The Morgan fingerprint density at radius 2 is 1.96 bits per heavy atom. The molecule has 0 radical (unpaired) electrons. The molecule has 1 unspecified atom stereocenters. The van der Waals surface area contributed by atoms with E-state index in [1.54, 1.807) is 11.6 Å². The van der Waals surface area contributed by atoms with Gasteiger partial charge >= 0.3 is 0 Å². The summed E-state index contributed by atoms with van der Waals surface area (Å²) < 4.78 is 28.6. The summed E-state index contributed by atoms with van der Waals surface area (Å²) in [5.41, 5.74) is -0.0668. The normalized spacial score (nSPS) is 14.8. The van der Waals surface area contributed by atoms with E-state index < -0.39 is 15.6 Å². The average Bonchev–Trinajstić information content (AvgIpc) is 2.96. The lowest BCUT2D eigenvalue weighted by Crippen LogP contribution is -2.44. The van der Waals surface area contributed by atoms with Crippen LogP contribution >= 0.6 is 0 Å². The predicted molar refractivity (Wildman–Crippen MR) is 88.4 cm³/mol. The van der Waals surface area contributed by atoms with Gasteiger partial charge in [0.25, 0.3) is 0 Å². The summed E-state index contributed by atoms with van der Waals surface area (Å²) in [6.07, 6.45) is 2.80. The molecule has 0 aliphatic carbocycles. The van der Waals surface area contributed by atoms with Crippen molar-refractivity contribution >= 4 is 10.0 Å². The molecule has 1 aromatic heterocycles. The smallest absolute Gasteiger partial charge is 0.243 e. The molecule has 0 amide bonds. The molecule has 23 heavy (non-hydrogen) atoms. The van der Waals surface area contributed by atoms with Crippen molar-refractivity contribution in [3.63, 3.8) is 0 Å². The molecule has 2 N–H and O–H groups in total. The van der Waals surface area contributed by atoms with Crippen LogP contribution in [-0.2, 0) is 16.6 Å². The summed E-state index contributed by atoms with van der Waals surface area (Å²) >= 11 is 0. The highest BCUT2D eigenvalue weighted by atomic mass is 32.2. The van der Waals surface area contributed by atoms with Crippen LogP contribution in [-0.4, -0.2) is 35.5 Å². The number of nitrogens with zero attached hydrogens (tertiary/aromatic N) is 2. The van der Waals surface area contributed by atoms with E-state index in [-0.39, 0.29) is 17.4 Å². The van der Waals surface area contributed by atoms with Crippen LogP contribution in [0.3, 0.4) is 0 Å². The Labute approximate surface area is 137 Å². The summed E-state index contributed by atoms with van der Waals surface area (Å²) in [7, 11) is -3.69. The van der Waals surface area contributed by atoms with Crippen molar-refractivity contribution in [2.24, 2.45) is 5.92 Å². The largest absolute Gasteiger partial charge is 0.389 e. The topological polar surface area (TPSA) is 84.2 Å². The number of aromatic nitrogens is 2. The Bertz CT molecular complexity index is 737. The number of aliphatic hydroxyl groups is 1. The maximum Gasteiger partial charge on any atom is 0.243 e. The molecule has 0 saturated heterocycles. The zero-order chi connectivity index (χ0) is 17.1. The van der Waals surface area contributed by atoms with E-state index in [1.807, 2.05) is 44.2 Å². The zero-order valence-electron chi connectivity index (χ0n) is 13.6. The van der Waals surface area contributed by atoms with Crippen LogP contribution in [0.2, 0.25) is 0 Å². The fraction of sp³-hybridized carbons (Fsp3) is 0.438. The number of nitrogens with one attached hydrogen (secondary N) is 1. The zero-order valence-corrected chi connectivity index (χ0v) is 14.4. The molecule has 0 fully saturated rings. The number of benzene rings is 1. The van der Waals surface area contributed by atoms with Crippen LogP contribution in [0.25, 0.3) is 0 Å². The van der Waals surface area contributed by atoms with Gasteiger partial charge in [-0.15, -0.1) is 0 Å². The van der Waals surface area contributed by atoms with E-state index in [2.05, 4.69) is 9.82 Å². The van der Waals surface area contributed by atoms with E-state index in [1.165, 1.54) is 12.4 Å². The highest BCUT2D eigenvalue weighted by Crippen LogP contribution is 2.16. The highest BCUT2D eigenvalue weighted by molar-refractivity contribution is 7.89. The second-order valence-corrected chi connectivity index (χ2v) is 7.96. The summed E-state index contributed by atoms with van der Waals surface area (Å²) in [6.45, 7) is 5.74. The first-order valence-electron chi connectivity index (χ1n) is 7.49. The molecule has 1 atom stereocenters. The van der Waals surface area contributed by atoms with Gasteiger partial charge in [-0.05, 0) is 18.4 Å². The molecule has 0 aliphatic heterocycles. The standard InChI is InChI=1S/C16H23N3O3S/c1-13(2)16(3,20)12-18-23(21,22)15-9-17-19(11-15)10-14-7-5-4-6-8-14/h4-9,11,13,18,20H,10,12H2,1-3H3. The molecule has 1 aromatic carbocycles. The second kappa shape index (κ2) is 6.82. The maximum absolute atomic E-state index is 12.3. The molecule has 1 heterocycles. The lowest BCUT2D eigenvalue weighted by Gasteiger charge is -2.27. The number of hydrogen-bond acceptors (Lipinski definition) is 4. The van der Waals surface area contributed by atoms with Gasteiger partial charge in [0.2, 0.25) is 10.0 Å². The van der Waals surface area contributed by atoms with Gasteiger partial charge in [-0.3, -0.25) is 4.68 Å². The van der Waals surface area contributed by atoms with Crippen LogP contribution < -0.4 is 4.72 Å². The molecular weight excluding hydrogens is 314 g/mol. The van der Waals surface area contributed by atoms with Crippen molar-refractivity contribution in [2.45, 2.75) is 37.8 Å². The summed E-state index contributed by atoms with van der Waals surface area (Å²) in [5, 5.41) is 14.2. The van der Waals surface area contributed by atoms with Gasteiger partial charge in [-0.2, -0.15) is 5.10 Å². The highest BCUT2D eigenvalue weighted by Gasteiger charge is 2.28. The third kappa shape index (κ3) is 4.63. The monoisotopic (exact) mass is 337 g/mol. The van der Waals surface area contributed by atoms with Gasteiger partial charge in [-0.25, -0.2) is 13.1 Å². The van der Waals surface area contributed by atoms with Crippen molar-refractivity contribution in [1.82, 2.24) is 14.5 Å². The second-order valence-electron chi connectivity index (χ2n) is 6.20. The summed E-state index contributed by atoms with van der Waals surface area (Å²) in [4.78, 5) is 0.0907. The molecule has 0 saturated carbocycles. The van der Waals surface area contributed by atoms with E-state index in [0.717, 1.165) is 5.56 Å². The van der Waals surface area contributed by atoms with Crippen molar-refractivity contribution in [3.05, 3.63) is 48.3 Å². The Kier molecular flexibility index (Phi) is 5.23. The molecule has 2 rings (SSSR count). The van der Waals surface area contributed by atoms with Crippen molar-refractivity contribution < 1.29 is 13.5 Å². The minimum absolute atomic E-state index is 0.0448. The molecule has 2 aromatic rings. The molecule has 126 valence electrons.